The molecule has 0 radical (unpaired) electrons. The normalized spacial score (nSPS) is 20.2. The maximum atomic E-state index is 8.53. The van der Waals surface area contributed by atoms with Crippen molar-refractivity contribution in [1.29, 1.82) is 0 Å². The first kappa shape index (κ1) is 15.2. The Morgan fingerprint density at radius 3 is 2.46 bits per heavy atom. The van der Waals surface area contributed by atoms with Crippen LogP contribution in [0.1, 0.15) is 13.8 Å². The van der Waals surface area contributed by atoms with Gasteiger partial charge in [0.05, 0.1) is 0 Å². The van der Waals surface area contributed by atoms with E-state index in [2.05, 4.69) is 4.79 Å². The molecule has 13 heavy (non-hydrogen) atoms. The van der Waals surface area contributed by atoms with Gasteiger partial charge in [-0.3, -0.25) is 0 Å². The van der Waals surface area contributed by atoms with Gasteiger partial charge in [-0.15, -0.1) is 12.4 Å². The maximum absolute atomic E-state index is 8.53. The van der Waals surface area contributed by atoms with E-state index in [0.29, 0.717) is 5.71 Å². The van der Waals surface area contributed by atoms with Crippen LogP contribution < -0.4 is 5.73 Å². The van der Waals surface area contributed by atoms with Crippen molar-refractivity contribution in [3.63, 3.8) is 0 Å². The van der Waals surface area contributed by atoms with E-state index in [0.717, 1.165) is 11.1 Å². The topological polar surface area (TPSA) is 62.4 Å². The van der Waals surface area contributed by atoms with Crippen LogP contribution >= 0.6 is 12.4 Å². The van der Waals surface area contributed by atoms with Gasteiger partial charge in [0.2, 0.25) is 0 Å². The minimum atomic E-state index is -0.0273. The molecular weight excluding hydrogens is 239 g/mol. The summed E-state index contributed by atoms with van der Waals surface area (Å²) < 4.78 is 0. The Balaban J connectivity index is 0. The quantitative estimate of drug-likeness (QED) is 0.393. The molecule has 0 aromatic heterocycles. The van der Waals surface area contributed by atoms with Crippen molar-refractivity contribution in [2.24, 2.45) is 5.73 Å². The number of nitrogens with zero attached hydrogens (tertiary/aromatic N) is 2. The minimum Gasteiger partial charge on any atom is -0.361 e. The average molecular weight is 251 g/mol. The van der Waals surface area contributed by atoms with Crippen LogP contribution in [0.15, 0.2) is 23.3 Å². The van der Waals surface area contributed by atoms with E-state index in [4.69, 9.17) is 11.3 Å². The van der Waals surface area contributed by atoms with E-state index in [1.54, 1.807) is 6.08 Å². The SMILES string of the molecule is CC1=C(C)C(N)C=CC1=[N+]=[N-].Cl.[Zn]. The molecule has 1 aliphatic rings. The van der Waals surface area contributed by atoms with Crippen molar-refractivity contribution in [2.45, 2.75) is 19.9 Å². The molecule has 1 atom stereocenters. The first-order valence-electron chi connectivity index (χ1n) is 3.50. The van der Waals surface area contributed by atoms with Gasteiger partial charge in [0, 0.05) is 37.2 Å². The predicted molar refractivity (Wildman–Crippen MR) is 51.4 cm³/mol. The second kappa shape index (κ2) is 6.23. The average Bonchev–Trinajstić information content (AvgIpc) is 2.01. The van der Waals surface area contributed by atoms with Gasteiger partial charge in [0.1, 0.15) is 0 Å². The molecule has 0 saturated heterocycles. The van der Waals surface area contributed by atoms with Gasteiger partial charge in [-0.1, -0.05) is 6.08 Å². The summed E-state index contributed by atoms with van der Waals surface area (Å²) in [4.78, 5) is 3.13. The predicted octanol–water partition coefficient (Wildman–Crippen LogP) is 1.31. The zero-order chi connectivity index (χ0) is 8.43. The molecule has 0 fully saturated rings. The van der Waals surface area contributed by atoms with Crippen molar-refractivity contribution in [3.8, 4) is 0 Å². The van der Waals surface area contributed by atoms with Gasteiger partial charge in [-0.25, -0.2) is 0 Å². The van der Waals surface area contributed by atoms with Gasteiger partial charge >= 0.3 is 5.71 Å². The molecule has 0 aromatic carbocycles. The third-order valence-corrected chi connectivity index (χ3v) is 2.04. The van der Waals surface area contributed by atoms with Gasteiger partial charge in [0.25, 0.3) is 0 Å². The van der Waals surface area contributed by atoms with Crippen molar-refractivity contribution >= 4 is 18.1 Å². The zero-order valence-corrected chi connectivity index (χ0v) is 11.6. The number of allylic oxidation sites excluding steroid dienone is 2. The second-order valence-corrected chi connectivity index (χ2v) is 2.68. The van der Waals surface area contributed by atoms with Crippen LogP contribution in [-0.2, 0) is 19.5 Å². The standard InChI is InChI=1S/C8H11N3.ClH.Zn/c1-5-6(2)8(11-10)4-3-7(5)9;;/h3-4,7H,9H2,1-2H3;1H;. The number of hydrogen-bond donors (Lipinski definition) is 1. The Kier molecular flexibility index (Phi) is 7.29. The van der Waals surface area contributed by atoms with E-state index >= 15 is 0 Å². The third kappa shape index (κ3) is 3.17. The van der Waals surface area contributed by atoms with Crippen LogP contribution in [0.25, 0.3) is 5.53 Å². The summed E-state index contributed by atoms with van der Waals surface area (Å²) >= 11 is 0. The van der Waals surface area contributed by atoms with Gasteiger partial charge in [0.15, 0.2) is 0 Å². The summed E-state index contributed by atoms with van der Waals surface area (Å²) in [6, 6.07) is -0.0273. The fraction of sp³-hybridized carbons (Fsp3) is 0.375. The Morgan fingerprint density at radius 2 is 2.00 bits per heavy atom. The summed E-state index contributed by atoms with van der Waals surface area (Å²) in [5, 5.41) is 0. The van der Waals surface area contributed by atoms with E-state index in [-0.39, 0.29) is 37.9 Å². The molecule has 0 amide bonds. The minimum absolute atomic E-state index is 0. The molecule has 0 saturated carbocycles. The molecule has 1 unspecified atom stereocenters. The Morgan fingerprint density at radius 1 is 1.46 bits per heavy atom. The Bertz CT molecular complexity index is 290. The van der Waals surface area contributed by atoms with Crippen LogP contribution in [0.4, 0.5) is 0 Å². The number of hydrogen-bond acceptors (Lipinski definition) is 1. The van der Waals surface area contributed by atoms with Crippen LogP contribution in [0.3, 0.4) is 0 Å². The van der Waals surface area contributed by atoms with Gasteiger partial charge < -0.3 is 11.3 Å². The fourth-order valence-corrected chi connectivity index (χ4v) is 1.02. The largest absolute Gasteiger partial charge is 0.361 e. The summed E-state index contributed by atoms with van der Waals surface area (Å²) in [5.74, 6) is 0. The van der Waals surface area contributed by atoms with Crippen LogP contribution in [0.2, 0.25) is 0 Å². The van der Waals surface area contributed by atoms with Crippen LogP contribution in [0, 0.1) is 0 Å². The molecule has 2 N–H and O–H groups in total. The molecule has 1 aliphatic carbocycles. The maximum Gasteiger partial charge on any atom is 0.317 e. The molecule has 0 bridgehead atoms. The second-order valence-electron chi connectivity index (χ2n) is 2.68. The molecule has 0 aromatic rings. The van der Waals surface area contributed by atoms with Crippen molar-refractivity contribution in [3.05, 3.63) is 28.8 Å². The van der Waals surface area contributed by atoms with E-state index in [1.165, 1.54) is 0 Å². The van der Waals surface area contributed by atoms with Crippen molar-refractivity contribution in [1.82, 2.24) is 0 Å². The fourth-order valence-electron chi connectivity index (χ4n) is 1.02. The molecule has 5 heteroatoms. The summed E-state index contributed by atoms with van der Waals surface area (Å²) in [5.41, 5.74) is 16.8. The first-order chi connectivity index (χ1) is 5.16. The number of rotatable bonds is 0. The Hall–Kier alpha value is -0.267. The molecule has 0 aliphatic heterocycles. The van der Waals surface area contributed by atoms with Crippen LogP contribution in [0.5, 0.6) is 0 Å². The van der Waals surface area contributed by atoms with Gasteiger partial charge in [-0.05, 0) is 19.4 Å². The summed E-state index contributed by atoms with van der Waals surface area (Å²) in [6.45, 7) is 3.84. The summed E-state index contributed by atoms with van der Waals surface area (Å²) in [7, 11) is 0. The molecule has 0 spiro atoms. The molecule has 68 valence electrons. The monoisotopic (exact) mass is 249 g/mol. The molecule has 0 heterocycles. The molecule has 1 rings (SSSR count). The van der Waals surface area contributed by atoms with E-state index in [1.807, 2.05) is 19.9 Å². The Labute approximate surface area is 96.9 Å². The first-order valence-corrected chi connectivity index (χ1v) is 3.50. The molecule has 3 nitrogen and oxygen atoms in total. The van der Waals surface area contributed by atoms with Gasteiger partial charge in [-0.2, -0.15) is 4.79 Å². The smallest absolute Gasteiger partial charge is 0.317 e. The van der Waals surface area contributed by atoms with Crippen molar-refractivity contribution < 1.29 is 24.3 Å². The number of nitrogens with two attached hydrogens (primary N) is 1. The van der Waals surface area contributed by atoms with Crippen LogP contribution in [-0.4, -0.2) is 16.5 Å². The summed E-state index contributed by atoms with van der Waals surface area (Å²) in [6.07, 6.45) is 3.55. The van der Waals surface area contributed by atoms with E-state index < -0.39 is 0 Å². The van der Waals surface area contributed by atoms with E-state index in [9.17, 15) is 0 Å². The zero-order valence-electron chi connectivity index (χ0n) is 7.82. The third-order valence-electron chi connectivity index (χ3n) is 2.04. The molecular formula is C8H12ClN3Zn. The van der Waals surface area contributed by atoms with Crippen molar-refractivity contribution in [2.75, 3.05) is 0 Å². The number of halogens is 1.